The molecular formula is C20H20N2O4. The number of carbonyl (C=O) groups is 1. The molecule has 3 rings (SSSR count). The van der Waals surface area contributed by atoms with Crippen LogP contribution in [-0.4, -0.2) is 25.1 Å². The Hall–Kier alpha value is -3.28. The number of oxazole rings is 1. The number of aromatic nitrogens is 1. The molecule has 0 saturated carbocycles. The average molecular weight is 352 g/mol. The molecule has 0 unspecified atom stereocenters. The lowest BCUT2D eigenvalue weighted by Gasteiger charge is -2.12. The fourth-order valence-electron chi connectivity index (χ4n) is 2.62. The van der Waals surface area contributed by atoms with Gasteiger partial charge in [0, 0.05) is 17.7 Å². The minimum atomic E-state index is -0.150. The molecule has 2 aromatic carbocycles. The Kier molecular flexibility index (Phi) is 5.53. The van der Waals surface area contributed by atoms with Crippen LogP contribution in [0, 0.1) is 0 Å². The van der Waals surface area contributed by atoms with Gasteiger partial charge in [0.25, 0.3) is 0 Å². The molecule has 3 aromatic rings. The lowest BCUT2D eigenvalue weighted by Crippen LogP contribution is -2.25. The van der Waals surface area contributed by atoms with Crippen LogP contribution < -0.4 is 14.8 Å². The van der Waals surface area contributed by atoms with Gasteiger partial charge in [-0.1, -0.05) is 30.3 Å². The van der Waals surface area contributed by atoms with E-state index in [0.717, 1.165) is 11.1 Å². The zero-order chi connectivity index (χ0) is 18.4. The largest absolute Gasteiger partial charge is 0.493 e. The van der Waals surface area contributed by atoms with Crippen molar-refractivity contribution in [2.75, 3.05) is 14.2 Å². The number of benzene rings is 2. The van der Waals surface area contributed by atoms with Crippen LogP contribution in [0.3, 0.4) is 0 Å². The summed E-state index contributed by atoms with van der Waals surface area (Å²) in [6.07, 6.45) is 1.65. The maximum atomic E-state index is 12.2. The van der Waals surface area contributed by atoms with Gasteiger partial charge in [-0.15, -0.1) is 0 Å². The van der Waals surface area contributed by atoms with E-state index in [2.05, 4.69) is 10.3 Å². The lowest BCUT2D eigenvalue weighted by molar-refractivity contribution is -0.120. The van der Waals surface area contributed by atoms with E-state index in [1.54, 1.807) is 14.2 Å². The highest BCUT2D eigenvalue weighted by Gasteiger charge is 2.13. The quantitative estimate of drug-likeness (QED) is 0.707. The summed E-state index contributed by atoms with van der Waals surface area (Å²) in [4.78, 5) is 16.6. The van der Waals surface area contributed by atoms with Gasteiger partial charge in [0.05, 0.1) is 26.3 Å². The first kappa shape index (κ1) is 17.5. The van der Waals surface area contributed by atoms with Crippen LogP contribution >= 0.6 is 0 Å². The van der Waals surface area contributed by atoms with Crippen LogP contribution in [0.5, 0.6) is 11.5 Å². The monoisotopic (exact) mass is 352 g/mol. The van der Waals surface area contributed by atoms with E-state index < -0.39 is 0 Å². The number of hydrogen-bond donors (Lipinski definition) is 1. The van der Waals surface area contributed by atoms with Gasteiger partial charge in [-0.2, -0.15) is 0 Å². The van der Waals surface area contributed by atoms with Crippen molar-refractivity contribution in [3.8, 4) is 23.0 Å². The lowest BCUT2D eigenvalue weighted by atomic mass is 10.1. The maximum absolute atomic E-state index is 12.2. The minimum absolute atomic E-state index is 0.141. The summed E-state index contributed by atoms with van der Waals surface area (Å²) in [5.41, 5.74) is 2.30. The number of ether oxygens (including phenoxy) is 2. The van der Waals surface area contributed by atoms with Crippen molar-refractivity contribution < 1.29 is 18.7 Å². The van der Waals surface area contributed by atoms with Crippen LogP contribution in [0.25, 0.3) is 11.5 Å². The Bertz CT molecular complexity index is 875. The molecule has 0 aliphatic carbocycles. The number of methoxy groups -OCH3 is 2. The first-order valence-electron chi connectivity index (χ1n) is 8.17. The third-order valence-electron chi connectivity index (χ3n) is 3.87. The van der Waals surface area contributed by atoms with Crippen LogP contribution in [0.1, 0.15) is 11.3 Å². The van der Waals surface area contributed by atoms with E-state index in [0.29, 0.717) is 29.6 Å². The number of nitrogens with zero attached hydrogens (tertiary/aromatic N) is 1. The maximum Gasteiger partial charge on any atom is 0.226 e. The van der Waals surface area contributed by atoms with Gasteiger partial charge in [-0.05, 0) is 18.2 Å². The Morgan fingerprint density at radius 3 is 2.62 bits per heavy atom. The van der Waals surface area contributed by atoms with E-state index >= 15 is 0 Å². The number of hydrogen-bond acceptors (Lipinski definition) is 5. The number of carbonyl (C=O) groups excluding carboxylic acids is 1. The van der Waals surface area contributed by atoms with Crippen LogP contribution in [0.2, 0.25) is 0 Å². The molecule has 0 bridgehead atoms. The highest BCUT2D eigenvalue weighted by molar-refractivity contribution is 5.78. The summed E-state index contributed by atoms with van der Waals surface area (Å²) in [7, 11) is 3.15. The molecule has 0 spiro atoms. The van der Waals surface area contributed by atoms with Crippen molar-refractivity contribution in [3.63, 3.8) is 0 Å². The molecule has 134 valence electrons. The van der Waals surface area contributed by atoms with Gasteiger partial charge < -0.3 is 19.2 Å². The predicted octanol–water partition coefficient (Wildman–Crippen LogP) is 3.22. The van der Waals surface area contributed by atoms with Gasteiger partial charge >= 0.3 is 0 Å². The van der Waals surface area contributed by atoms with E-state index in [1.807, 2.05) is 48.5 Å². The Morgan fingerprint density at radius 1 is 1.08 bits per heavy atom. The van der Waals surface area contributed by atoms with Crippen LogP contribution in [0.15, 0.2) is 59.2 Å². The van der Waals surface area contributed by atoms with Crippen molar-refractivity contribution >= 4 is 5.91 Å². The third kappa shape index (κ3) is 4.03. The summed E-state index contributed by atoms with van der Waals surface area (Å²) in [5.74, 6) is 1.59. The Labute approximate surface area is 151 Å². The number of nitrogens with one attached hydrogen (secondary N) is 1. The van der Waals surface area contributed by atoms with Crippen molar-refractivity contribution in [2.45, 2.75) is 13.0 Å². The SMILES string of the molecule is COc1cccc(CNC(=O)Cc2coc(-c3ccccc3)n2)c1OC. The molecule has 0 atom stereocenters. The summed E-state index contributed by atoms with van der Waals surface area (Å²) in [5, 5.41) is 2.87. The van der Waals surface area contributed by atoms with Gasteiger partial charge in [-0.25, -0.2) is 4.98 Å². The molecule has 1 N–H and O–H groups in total. The third-order valence-corrected chi connectivity index (χ3v) is 3.87. The smallest absolute Gasteiger partial charge is 0.226 e. The molecule has 6 heteroatoms. The second kappa shape index (κ2) is 8.20. The zero-order valence-corrected chi connectivity index (χ0v) is 14.7. The fraction of sp³-hybridized carbons (Fsp3) is 0.200. The fourth-order valence-corrected chi connectivity index (χ4v) is 2.62. The minimum Gasteiger partial charge on any atom is -0.493 e. The van der Waals surface area contributed by atoms with Crippen molar-refractivity contribution in [2.24, 2.45) is 0 Å². The van der Waals surface area contributed by atoms with Gasteiger partial charge in [0.1, 0.15) is 6.26 Å². The normalized spacial score (nSPS) is 10.4. The highest BCUT2D eigenvalue weighted by Crippen LogP contribution is 2.30. The summed E-state index contributed by atoms with van der Waals surface area (Å²) < 4.78 is 16.1. The first-order chi connectivity index (χ1) is 12.7. The standard InChI is InChI=1S/C20H20N2O4/c1-24-17-10-6-9-15(19(17)25-2)12-21-18(23)11-16-13-26-20(22-16)14-7-4-3-5-8-14/h3-10,13H,11-12H2,1-2H3,(H,21,23). The Balaban J connectivity index is 1.61. The van der Waals surface area contributed by atoms with Crippen molar-refractivity contribution in [3.05, 3.63) is 66.1 Å². The molecule has 1 heterocycles. The molecule has 6 nitrogen and oxygen atoms in total. The molecular weight excluding hydrogens is 332 g/mol. The second-order valence-corrected chi connectivity index (χ2v) is 5.62. The molecule has 1 amide bonds. The summed E-state index contributed by atoms with van der Waals surface area (Å²) in [6.45, 7) is 0.336. The molecule has 0 saturated heterocycles. The summed E-state index contributed by atoms with van der Waals surface area (Å²) in [6, 6.07) is 15.1. The zero-order valence-electron chi connectivity index (χ0n) is 14.7. The number of amides is 1. The molecule has 26 heavy (non-hydrogen) atoms. The van der Waals surface area contributed by atoms with Crippen molar-refractivity contribution in [1.29, 1.82) is 0 Å². The second-order valence-electron chi connectivity index (χ2n) is 5.62. The number of para-hydroxylation sites is 1. The van der Waals surface area contributed by atoms with E-state index in [1.165, 1.54) is 6.26 Å². The van der Waals surface area contributed by atoms with Gasteiger partial charge in [-0.3, -0.25) is 4.79 Å². The van der Waals surface area contributed by atoms with Crippen molar-refractivity contribution in [1.82, 2.24) is 10.3 Å². The van der Waals surface area contributed by atoms with E-state index in [-0.39, 0.29) is 12.3 Å². The van der Waals surface area contributed by atoms with Crippen LogP contribution in [-0.2, 0) is 17.8 Å². The number of rotatable bonds is 7. The highest BCUT2D eigenvalue weighted by atomic mass is 16.5. The molecule has 0 aliphatic rings. The topological polar surface area (TPSA) is 73.6 Å². The first-order valence-corrected chi connectivity index (χ1v) is 8.17. The molecule has 0 aliphatic heterocycles. The summed E-state index contributed by atoms with van der Waals surface area (Å²) >= 11 is 0. The Morgan fingerprint density at radius 2 is 1.88 bits per heavy atom. The average Bonchev–Trinajstić information content (AvgIpc) is 3.15. The predicted molar refractivity (Wildman–Crippen MR) is 97.0 cm³/mol. The van der Waals surface area contributed by atoms with Gasteiger partial charge in [0.15, 0.2) is 11.5 Å². The van der Waals surface area contributed by atoms with E-state index in [4.69, 9.17) is 13.9 Å². The molecule has 1 aromatic heterocycles. The van der Waals surface area contributed by atoms with Gasteiger partial charge in [0.2, 0.25) is 11.8 Å². The molecule has 0 fully saturated rings. The molecule has 0 radical (unpaired) electrons. The van der Waals surface area contributed by atoms with E-state index in [9.17, 15) is 4.79 Å². The van der Waals surface area contributed by atoms with Crippen LogP contribution in [0.4, 0.5) is 0 Å².